The van der Waals surface area contributed by atoms with Gasteiger partial charge in [-0.05, 0) is 42.7 Å². The van der Waals surface area contributed by atoms with Gasteiger partial charge in [-0.1, -0.05) is 37.3 Å². The van der Waals surface area contributed by atoms with Crippen molar-refractivity contribution in [3.63, 3.8) is 0 Å². The minimum atomic E-state index is 0.253. The first kappa shape index (κ1) is 13.5. The topological polar surface area (TPSA) is 21.3 Å². The number of anilines is 1. The van der Waals surface area contributed by atoms with Crippen LogP contribution in [-0.4, -0.2) is 7.11 Å². The van der Waals surface area contributed by atoms with E-state index in [1.165, 1.54) is 16.8 Å². The number of benzene rings is 2. The van der Waals surface area contributed by atoms with Gasteiger partial charge in [-0.15, -0.1) is 0 Å². The maximum absolute atomic E-state index is 5.27. The first-order valence-corrected chi connectivity index (χ1v) is 6.73. The van der Waals surface area contributed by atoms with Gasteiger partial charge in [0.05, 0.1) is 7.11 Å². The lowest BCUT2D eigenvalue weighted by atomic mass is 10.1. The van der Waals surface area contributed by atoms with Crippen LogP contribution in [0.4, 0.5) is 5.69 Å². The summed E-state index contributed by atoms with van der Waals surface area (Å²) >= 11 is 0. The number of hydrogen-bond acceptors (Lipinski definition) is 2. The molecule has 2 nitrogen and oxygen atoms in total. The van der Waals surface area contributed by atoms with E-state index in [1.54, 1.807) is 7.11 Å². The number of rotatable bonds is 5. The molecule has 2 rings (SSSR count). The van der Waals surface area contributed by atoms with Crippen molar-refractivity contribution < 1.29 is 4.74 Å². The molecule has 0 radical (unpaired) electrons. The van der Waals surface area contributed by atoms with E-state index in [0.717, 1.165) is 12.2 Å². The molecule has 1 atom stereocenters. The number of aryl methyl sites for hydroxylation is 1. The highest BCUT2D eigenvalue weighted by Gasteiger charge is 2.08. The monoisotopic (exact) mass is 255 g/mol. The standard InChI is InChI=1S/C17H21NO/c1-4-14-8-5-6-11-17(14)18-13(2)15-9-7-10-16(12-15)19-3/h5-13,18H,4H2,1-3H3. The van der Waals surface area contributed by atoms with Gasteiger partial charge in [0.15, 0.2) is 0 Å². The third-order valence-corrected chi connectivity index (χ3v) is 3.36. The average molecular weight is 255 g/mol. The first-order chi connectivity index (χ1) is 9.24. The molecule has 19 heavy (non-hydrogen) atoms. The van der Waals surface area contributed by atoms with Gasteiger partial charge >= 0.3 is 0 Å². The number of hydrogen-bond donors (Lipinski definition) is 1. The van der Waals surface area contributed by atoms with Crippen LogP contribution in [0.1, 0.15) is 31.0 Å². The molecule has 0 spiro atoms. The summed E-state index contributed by atoms with van der Waals surface area (Å²) in [4.78, 5) is 0. The van der Waals surface area contributed by atoms with Gasteiger partial charge in [-0.3, -0.25) is 0 Å². The highest BCUT2D eigenvalue weighted by molar-refractivity contribution is 5.52. The van der Waals surface area contributed by atoms with Crippen molar-refractivity contribution in [2.45, 2.75) is 26.3 Å². The Morgan fingerprint density at radius 2 is 1.89 bits per heavy atom. The van der Waals surface area contributed by atoms with Crippen LogP contribution in [0, 0.1) is 0 Å². The molecule has 100 valence electrons. The quantitative estimate of drug-likeness (QED) is 0.853. The van der Waals surface area contributed by atoms with Gasteiger partial charge in [0, 0.05) is 11.7 Å². The zero-order valence-electron chi connectivity index (χ0n) is 11.8. The summed E-state index contributed by atoms with van der Waals surface area (Å²) in [7, 11) is 1.70. The van der Waals surface area contributed by atoms with Crippen LogP contribution in [0.3, 0.4) is 0 Å². The summed E-state index contributed by atoms with van der Waals surface area (Å²) in [5, 5.41) is 3.57. The molecule has 2 heteroatoms. The molecule has 0 bridgehead atoms. The van der Waals surface area contributed by atoms with E-state index < -0.39 is 0 Å². The molecule has 0 amide bonds. The Morgan fingerprint density at radius 3 is 2.63 bits per heavy atom. The summed E-state index contributed by atoms with van der Waals surface area (Å²) in [6, 6.07) is 16.9. The Kier molecular flexibility index (Phi) is 4.45. The van der Waals surface area contributed by atoms with Gasteiger partial charge in [-0.2, -0.15) is 0 Å². The normalized spacial score (nSPS) is 11.9. The maximum Gasteiger partial charge on any atom is 0.119 e. The van der Waals surface area contributed by atoms with E-state index in [-0.39, 0.29) is 6.04 Å². The highest BCUT2D eigenvalue weighted by Crippen LogP contribution is 2.24. The van der Waals surface area contributed by atoms with E-state index in [9.17, 15) is 0 Å². The summed E-state index contributed by atoms with van der Waals surface area (Å²) in [5.41, 5.74) is 3.78. The largest absolute Gasteiger partial charge is 0.497 e. The van der Waals surface area contributed by atoms with Gasteiger partial charge in [0.1, 0.15) is 5.75 Å². The van der Waals surface area contributed by atoms with E-state index in [4.69, 9.17) is 4.74 Å². The molecule has 0 aromatic heterocycles. The summed E-state index contributed by atoms with van der Waals surface area (Å²) in [6.07, 6.45) is 1.04. The van der Waals surface area contributed by atoms with E-state index >= 15 is 0 Å². The van der Waals surface area contributed by atoms with Crippen LogP contribution in [0.2, 0.25) is 0 Å². The SMILES string of the molecule is CCc1ccccc1NC(C)c1cccc(OC)c1. The molecule has 0 fully saturated rings. The Labute approximate surface area is 115 Å². The van der Waals surface area contributed by atoms with Gasteiger partial charge in [-0.25, -0.2) is 0 Å². The zero-order chi connectivity index (χ0) is 13.7. The van der Waals surface area contributed by atoms with Crippen molar-refractivity contribution in [2.75, 3.05) is 12.4 Å². The van der Waals surface area contributed by atoms with Crippen molar-refractivity contribution in [3.05, 3.63) is 59.7 Å². The Balaban J connectivity index is 2.18. The summed E-state index contributed by atoms with van der Waals surface area (Å²) in [6.45, 7) is 4.35. The molecule has 1 unspecified atom stereocenters. The van der Waals surface area contributed by atoms with Crippen LogP contribution in [-0.2, 0) is 6.42 Å². The highest BCUT2D eigenvalue weighted by atomic mass is 16.5. The first-order valence-electron chi connectivity index (χ1n) is 6.73. The second kappa shape index (κ2) is 6.28. The molecule has 0 saturated carbocycles. The molecule has 2 aromatic rings. The number of nitrogens with one attached hydrogen (secondary N) is 1. The lowest BCUT2D eigenvalue weighted by Gasteiger charge is -2.18. The number of methoxy groups -OCH3 is 1. The molecular weight excluding hydrogens is 234 g/mol. The second-order valence-electron chi connectivity index (χ2n) is 4.65. The molecular formula is C17H21NO. The second-order valence-corrected chi connectivity index (χ2v) is 4.65. The summed E-state index contributed by atoms with van der Waals surface area (Å²) in [5.74, 6) is 0.898. The van der Waals surface area contributed by atoms with Crippen LogP contribution in [0.5, 0.6) is 5.75 Å². The molecule has 1 N–H and O–H groups in total. The minimum Gasteiger partial charge on any atom is -0.497 e. The minimum absolute atomic E-state index is 0.253. The molecule has 0 aliphatic carbocycles. The lowest BCUT2D eigenvalue weighted by molar-refractivity contribution is 0.414. The van der Waals surface area contributed by atoms with Crippen molar-refractivity contribution in [1.29, 1.82) is 0 Å². The molecule has 0 saturated heterocycles. The van der Waals surface area contributed by atoms with Gasteiger partial charge in [0.2, 0.25) is 0 Å². The van der Waals surface area contributed by atoms with E-state index in [2.05, 4.69) is 55.6 Å². The number of para-hydroxylation sites is 1. The predicted molar refractivity (Wildman–Crippen MR) is 80.9 cm³/mol. The molecule has 0 aliphatic rings. The fraction of sp³-hybridized carbons (Fsp3) is 0.294. The van der Waals surface area contributed by atoms with Crippen molar-refractivity contribution in [3.8, 4) is 5.75 Å². The van der Waals surface area contributed by atoms with Gasteiger partial charge < -0.3 is 10.1 Å². The van der Waals surface area contributed by atoms with Crippen LogP contribution in [0.15, 0.2) is 48.5 Å². The Hall–Kier alpha value is -1.96. The third-order valence-electron chi connectivity index (χ3n) is 3.36. The van der Waals surface area contributed by atoms with Crippen LogP contribution < -0.4 is 10.1 Å². The Bertz CT molecular complexity index is 536. The van der Waals surface area contributed by atoms with E-state index in [0.29, 0.717) is 0 Å². The smallest absolute Gasteiger partial charge is 0.119 e. The van der Waals surface area contributed by atoms with Crippen LogP contribution >= 0.6 is 0 Å². The summed E-state index contributed by atoms with van der Waals surface area (Å²) < 4.78 is 5.27. The lowest BCUT2D eigenvalue weighted by Crippen LogP contribution is -2.08. The fourth-order valence-electron chi connectivity index (χ4n) is 2.20. The Morgan fingerprint density at radius 1 is 1.11 bits per heavy atom. The average Bonchev–Trinajstić information content (AvgIpc) is 2.47. The fourth-order valence-corrected chi connectivity index (χ4v) is 2.20. The molecule has 0 heterocycles. The van der Waals surface area contributed by atoms with Gasteiger partial charge in [0.25, 0.3) is 0 Å². The zero-order valence-corrected chi connectivity index (χ0v) is 11.8. The van der Waals surface area contributed by atoms with Crippen LogP contribution in [0.25, 0.3) is 0 Å². The van der Waals surface area contributed by atoms with Crippen molar-refractivity contribution >= 4 is 5.69 Å². The molecule has 2 aromatic carbocycles. The van der Waals surface area contributed by atoms with Crippen molar-refractivity contribution in [2.24, 2.45) is 0 Å². The number of ether oxygens (including phenoxy) is 1. The molecule has 0 aliphatic heterocycles. The van der Waals surface area contributed by atoms with Crippen molar-refractivity contribution in [1.82, 2.24) is 0 Å². The third kappa shape index (κ3) is 3.28. The van der Waals surface area contributed by atoms with E-state index in [1.807, 2.05) is 12.1 Å². The maximum atomic E-state index is 5.27. The predicted octanol–water partition coefficient (Wildman–Crippen LogP) is 4.43.